The first-order valence-electron chi connectivity index (χ1n) is 8.18. The smallest absolute Gasteiger partial charge is 0.334 e. The number of para-hydroxylation sites is 2. The number of imide groups is 2. The lowest BCUT2D eigenvalue weighted by molar-refractivity contribution is -0.143. The first-order valence-corrected chi connectivity index (χ1v) is 8.18. The van der Waals surface area contributed by atoms with E-state index in [1.807, 2.05) is 13.8 Å². The number of anilines is 1. The maximum Gasteiger partial charge on any atom is 0.334 e. The maximum absolute atomic E-state index is 12.2. The number of rotatable bonds is 8. The molecule has 1 saturated heterocycles. The van der Waals surface area contributed by atoms with E-state index in [4.69, 9.17) is 4.74 Å². The van der Waals surface area contributed by atoms with Crippen molar-refractivity contribution in [1.29, 1.82) is 0 Å². The number of nitrogens with one attached hydrogen (secondary N) is 1. The van der Waals surface area contributed by atoms with Gasteiger partial charge in [0.05, 0.1) is 12.3 Å². The number of hydrogen-bond acceptors (Lipinski definition) is 5. The predicted molar refractivity (Wildman–Crippen MR) is 90.0 cm³/mol. The van der Waals surface area contributed by atoms with E-state index >= 15 is 0 Å². The number of benzene rings is 1. The second-order valence-electron chi connectivity index (χ2n) is 5.46. The van der Waals surface area contributed by atoms with Crippen LogP contribution in [0.1, 0.15) is 26.7 Å². The average Bonchev–Trinajstić information content (AvgIpc) is 2.79. The van der Waals surface area contributed by atoms with Crippen LogP contribution in [-0.2, 0) is 14.4 Å². The Bertz CT molecular complexity index is 689. The average molecular weight is 347 g/mol. The van der Waals surface area contributed by atoms with Crippen molar-refractivity contribution in [2.24, 2.45) is 0 Å². The summed E-state index contributed by atoms with van der Waals surface area (Å²) in [5.41, 5.74) is 0.433. The molecule has 8 heteroatoms. The molecule has 0 spiro atoms. The largest absolute Gasteiger partial charge is 0.492 e. The molecule has 0 aliphatic carbocycles. The summed E-state index contributed by atoms with van der Waals surface area (Å²) in [6.07, 6.45) is 1.38. The van der Waals surface area contributed by atoms with Crippen LogP contribution in [0.4, 0.5) is 10.5 Å². The SMILES string of the molecule is CCCCN1C(=O)C(=O)N(CC(=O)Nc2ccccc2OCC)C1=O. The predicted octanol–water partition coefficient (Wildman–Crippen LogP) is 1.61. The zero-order valence-electron chi connectivity index (χ0n) is 14.3. The van der Waals surface area contributed by atoms with Crippen molar-refractivity contribution < 1.29 is 23.9 Å². The fourth-order valence-corrected chi connectivity index (χ4v) is 2.39. The Morgan fingerprint density at radius 2 is 1.76 bits per heavy atom. The lowest BCUT2D eigenvalue weighted by atomic mass is 10.3. The third-order valence-electron chi connectivity index (χ3n) is 3.63. The van der Waals surface area contributed by atoms with E-state index in [0.29, 0.717) is 29.4 Å². The van der Waals surface area contributed by atoms with E-state index in [0.717, 1.165) is 11.3 Å². The second kappa shape index (κ2) is 8.27. The summed E-state index contributed by atoms with van der Waals surface area (Å²) < 4.78 is 5.40. The zero-order chi connectivity index (χ0) is 18.4. The molecule has 1 heterocycles. The number of nitrogens with zero attached hydrogens (tertiary/aromatic N) is 2. The first-order chi connectivity index (χ1) is 12.0. The van der Waals surface area contributed by atoms with Crippen molar-refractivity contribution in [3.63, 3.8) is 0 Å². The molecule has 0 atom stereocenters. The van der Waals surface area contributed by atoms with Crippen LogP contribution in [0.15, 0.2) is 24.3 Å². The normalized spacial score (nSPS) is 14.2. The molecule has 1 aromatic carbocycles. The van der Waals surface area contributed by atoms with Gasteiger partial charge in [0.2, 0.25) is 5.91 Å². The summed E-state index contributed by atoms with van der Waals surface area (Å²) in [5, 5.41) is 2.60. The second-order valence-corrected chi connectivity index (χ2v) is 5.46. The van der Waals surface area contributed by atoms with Crippen molar-refractivity contribution in [3.05, 3.63) is 24.3 Å². The molecular weight excluding hydrogens is 326 g/mol. The Hall–Kier alpha value is -2.90. The topological polar surface area (TPSA) is 96.0 Å². The van der Waals surface area contributed by atoms with Crippen LogP contribution in [0.25, 0.3) is 0 Å². The maximum atomic E-state index is 12.2. The number of carbonyl (C=O) groups is 4. The minimum atomic E-state index is -0.977. The van der Waals surface area contributed by atoms with Crippen LogP contribution in [-0.4, -0.2) is 53.2 Å². The Kier molecular flexibility index (Phi) is 6.10. The lowest BCUT2D eigenvalue weighted by Crippen LogP contribution is -2.39. The van der Waals surface area contributed by atoms with Crippen molar-refractivity contribution in [1.82, 2.24) is 9.80 Å². The first kappa shape index (κ1) is 18.4. The molecule has 2 rings (SSSR count). The van der Waals surface area contributed by atoms with Crippen molar-refractivity contribution in [3.8, 4) is 5.75 Å². The van der Waals surface area contributed by atoms with E-state index in [1.54, 1.807) is 24.3 Å². The van der Waals surface area contributed by atoms with Crippen LogP contribution in [0.3, 0.4) is 0 Å². The van der Waals surface area contributed by atoms with E-state index in [1.165, 1.54) is 0 Å². The molecule has 0 bridgehead atoms. The minimum absolute atomic E-state index is 0.172. The third kappa shape index (κ3) is 4.14. The van der Waals surface area contributed by atoms with Crippen LogP contribution in [0.2, 0.25) is 0 Å². The highest BCUT2D eigenvalue weighted by Crippen LogP contribution is 2.23. The summed E-state index contributed by atoms with van der Waals surface area (Å²) >= 11 is 0. The number of amides is 5. The molecule has 25 heavy (non-hydrogen) atoms. The van der Waals surface area contributed by atoms with Gasteiger partial charge >= 0.3 is 17.8 Å². The molecular formula is C17H21N3O5. The summed E-state index contributed by atoms with van der Waals surface area (Å²) in [7, 11) is 0. The van der Waals surface area contributed by atoms with E-state index in [-0.39, 0.29) is 6.54 Å². The molecule has 1 aliphatic heterocycles. The Morgan fingerprint density at radius 3 is 2.44 bits per heavy atom. The Morgan fingerprint density at radius 1 is 1.08 bits per heavy atom. The molecule has 1 aromatic rings. The number of urea groups is 1. The van der Waals surface area contributed by atoms with E-state index < -0.39 is 30.3 Å². The molecule has 0 saturated carbocycles. The fourth-order valence-electron chi connectivity index (χ4n) is 2.39. The number of carbonyl (C=O) groups excluding carboxylic acids is 4. The summed E-state index contributed by atoms with van der Waals surface area (Å²) in [6.45, 7) is 3.80. The third-order valence-corrected chi connectivity index (χ3v) is 3.63. The standard InChI is InChI=1S/C17H21N3O5/c1-3-5-10-19-15(22)16(23)20(17(19)24)11-14(21)18-12-8-6-7-9-13(12)25-4-2/h6-9H,3-5,10-11H2,1-2H3,(H,18,21). The van der Waals surface area contributed by atoms with Crippen LogP contribution < -0.4 is 10.1 Å². The Balaban J connectivity index is 2.04. The van der Waals surface area contributed by atoms with Gasteiger partial charge in [-0.05, 0) is 25.5 Å². The minimum Gasteiger partial charge on any atom is -0.492 e. The molecule has 1 aliphatic rings. The zero-order valence-corrected chi connectivity index (χ0v) is 14.3. The highest BCUT2D eigenvalue weighted by molar-refractivity contribution is 6.45. The number of unbranched alkanes of at least 4 members (excludes halogenated alkanes) is 1. The molecule has 1 N–H and O–H groups in total. The number of ether oxygens (including phenoxy) is 1. The monoisotopic (exact) mass is 347 g/mol. The van der Waals surface area contributed by atoms with Gasteiger partial charge in [-0.1, -0.05) is 25.5 Å². The quantitative estimate of drug-likeness (QED) is 0.569. The molecule has 5 amide bonds. The van der Waals surface area contributed by atoms with Gasteiger partial charge in [0, 0.05) is 6.54 Å². The lowest BCUT2D eigenvalue weighted by Gasteiger charge is -2.16. The van der Waals surface area contributed by atoms with Gasteiger partial charge in [0.25, 0.3) is 0 Å². The van der Waals surface area contributed by atoms with Crippen LogP contribution in [0, 0.1) is 0 Å². The number of hydrogen-bond donors (Lipinski definition) is 1. The summed E-state index contributed by atoms with van der Waals surface area (Å²) in [4.78, 5) is 49.8. The van der Waals surface area contributed by atoms with E-state index in [2.05, 4.69) is 5.32 Å². The van der Waals surface area contributed by atoms with E-state index in [9.17, 15) is 19.2 Å². The summed E-state index contributed by atoms with van der Waals surface area (Å²) in [6, 6.07) is 6.08. The fraction of sp³-hybridized carbons (Fsp3) is 0.412. The molecule has 0 aromatic heterocycles. The van der Waals surface area contributed by atoms with Crippen molar-refractivity contribution in [2.45, 2.75) is 26.7 Å². The highest BCUT2D eigenvalue weighted by atomic mass is 16.5. The van der Waals surface area contributed by atoms with Gasteiger partial charge in [0.15, 0.2) is 0 Å². The molecule has 0 unspecified atom stereocenters. The molecule has 0 radical (unpaired) electrons. The highest BCUT2D eigenvalue weighted by Gasteiger charge is 2.44. The van der Waals surface area contributed by atoms with Crippen LogP contribution in [0.5, 0.6) is 5.75 Å². The molecule has 134 valence electrons. The van der Waals surface area contributed by atoms with Gasteiger partial charge in [-0.15, -0.1) is 0 Å². The van der Waals surface area contributed by atoms with Crippen molar-refractivity contribution in [2.75, 3.05) is 25.0 Å². The summed E-state index contributed by atoms with van der Waals surface area (Å²) in [5.74, 6) is -1.97. The van der Waals surface area contributed by atoms with Gasteiger partial charge in [-0.3, -0.25) is 19.3 Å². The molecule has 8 nitrogen and oxygen atoms in total. The van der Waals surface area contributed by atoms with Gasteiger partial charge < -0.3 is 10.1 Å². The van der Waals surface area contributed by atoms with Crippen molar-refractivity contribution >= 4 is 29.4 Å². The van der Waals surface area contributed by atoms with Gasteiger partial charge in [-0.25, -0.2) is 9.69 Å². The van der Waals surface area contributed by atoms with Gasteiger partial charge in [-0.2, -0.15) is 0 Å². The van der Waals surface area contributed by atoms with Gasteiger partial charge in [0.1, 0.15) is 12.3 Å². The Labute approximate surface area is 145 Å². The van der Waals surface area contributed by atoms with Crippen LogP contribution >= 0.6 is 0 Å². The molecule has 1 fully saturated rings.